The summed E-state index contributed by atoms with van der Waals surface area (Å²) in [5, 5.41) is 8.80. The van der Waals surface area contributed by atoms with Crippen molar-refractivity contribution in [3.05, 3.63) is 47.5 Å². The summed E-state index contributed by atoms with van der Waals surface area (Å²) in [7, 11) is 3.15. The van der Waals surface area contributed by atoms with Crippen molar-refractivity contribution < 1.29 is 13.9 Å². The Morgan fingerprint density at radius 2 is 1.64 bits per heavy atom. The zero-order valence-electron chi connectivity index (χ0n) is 12.0. The molecule has 1 heterocycles. The van der Waals surface area contributed by atoms with Gasteiger partial charge in [-0.3, -0.25) is 0 Å². The van der Waals surface area contributed by atoms with Crippen molar-refractivity contribution in [1.82, 2.24) is 10.2 Å². The van der Waals surface area contributed by atoms with E-state index < -0.39 is 0 Å². The van der Waals surface area contributed by atoms with Crippen LogP contribution in [0.4, 0.5) is 0 Å². The Balaban J connectivity index is 2.02. The third-order valence-corrected chi connectivity index (χ3v) is 3.40. The number of halogens is 1. The molecule has 0 spiro atoms. The maximum Gasteiger partial charge on any atom is 0.252 e. The zero-order chi connectivity index (χ0) is 15.5. The van der Waals surface area contributed by atoms with Crippen LogP contribution in [0.25, 0.3) is 22.9 Å². The lowest BCUT2D eigenvalue weighted by Gasteiger charge is -2.09. The van der Waals surface area contributed by atoms with Crippen LogP contribution in [-0.4, -0.2) is 24.4 Å². The lowest BCUT2D eigenvalue weighted by Crippen LogP contribution is -1.93. The summed E-state index contributed by atoms with van der Waals surface area (Å²) in [6.07, 6.45) is 0. The molecular formula is C16H13ClN2O3. The number of methoxy groups -OCH3 is 2. The molecular weight excluding hydrogens is 304 g/mol. The van der Waals surface area contributed by atoms with E-state index in [-0.39, 0.29) is 0 Å². The van der Waals surface area contributed by atoms with Gasteiger partial charge in [-0.1, -0.05) is 17.7 Å². The van der Waals surface area contributed by atoms with Crippen LogP contribution in [0.2, 0.25) is 5.02 Å². The first kappa shape index (κ1) is 14.4. The fraction of sp³-hybridized carbons (Fsp3) is 0.125. The van der Waals surface area contributed by atoms with Gasteiger partial charge < -0.3 is 13.9 Å². The molecule has 0 saturated heterocycles. The second-order valence-electron chi connectivity index (χ2n) is 4.46. The Bertz CT molecular complexity index is 784. The van der Waals surface area contributed by atoms with Crippen molar-refractivity contribution in [2.24, 2.45) is 0 Å². The quantitative estimate of drug-likeness (QED) is 0.726. The van der Waals surface area contributed by atoms with Crippen molar-refractivity contribution >= 4 is 11.6 Å². The number of aromatic nitrogens is 2. The molecule has 6 heteroatoms. The monoisotopic (exact) mass is 316 g/mol. The highest BCUT2D eigenvalue weighted by molar-refractivity contribution is 6.30. The molecule has 1 aromatic heterocycles. The zero-order valence-corrected chi connectivity index (χ0v) is 12.8. The third kappa shape index (κ3) is 2.63. The van der Waals surface area contributed by atoms with E-state index in [1.54, 1.807) is 32.4 Å². The standard InChI is InChI=1S/C16H13ClN2O3/c1-20-13-5-3-4-12(14(13)21-2)16-19-18-15(22-16)10-6-8-11(17)9-7-10/h3-9H,1-2H3. The predicted octanol–water partition coefficient (Wildman–Crippen LogP) is 4.07. The van der Waals surface area contributed by atoms with Crippen LogP contribution in [0.1, 0.15) is 0 Å². The van der Waals surface area contributed by atoms with Gasteiger partial charge in [0.1, 0.15) is 0 Å². The number of ether oxygens (including phenoxy) is 2. The number of hydrogen-bond donors (Lipinski definition) is 0. The molecule has 0 atom stereocenters. The molecule has 0 N–H and O–H groups in total. The fourth-order valence-electron chi connectivity index (χ4n) is 2.10. The third-order valence-electron chi connectivity index (χ3n) is 3.15. The lowest BCUT2D eigenvalue weighted by molar-refractivity contribution is 0.355. The van der Waals surface area contributed by atoms with Crippen LogP contribution < -0.4 is 9.47 Å². The van der Waals surface area contributed by atoms with Crippen LogP contribution in [0.15, 0.2) is 46.9 Å². The smallest absolute Gasteiger partial charge is 0.252 e. The highest BCUT2D eigenvalue weighted by Gasteiger charge is 2.17. The van der Waals surface area contributed by atoms with Gasteiger partial charge in [0, 0.05) is 10.6 Å². The van der Waals surface area contributed by atoms with Crippen LogP contribution in [-0.2, 0) is 0 Å². The van der Waals surface area contributed by atoms with Crippen LogP contribution in [0, 0.1) is 0 Å². The van der Waals surface area contributed by atoms with Gasteiger partial charge in [-0.05, 0) is 36.4 Å². The number of nitrogens with zero attached hydrogens (tertiary/aromatic N) is 2. The largest absolute Gasteiger partial charge is 0.493 e. The van der Waals surface area contributed by atoms with Gasteiger partial charge in [0.05, 0.1) is 19.8 Å². The van der Waals surface area contributed by atoms with E-state index in [1.165, 1.54) is 0 Å². The minimum Gasteiger partial charge on any atom is -0.493 e. The molecule has 3 aromatic rings. The molecule has 0 aliphatic heterocycles. The Morgan fingerprint density at radius 3 is 2.32 bits per heavy atom. The van der Waals surface area contributed by atoms with E-state index in [0.29, 0.717) is 33.9 Å². The SMILES string of the molecule is COc1cccc(-c2nnc(-c3ccc(Cl)cc3)o2)c1OC. The normalized spacial score (nSPS) is 10.5. The van der Waals surface area contributed by atoms with Gasteiger partial charge in [0.25, 0.3) is 5.89 Å². The van der Waals surface area contributed by atoms with E-state index in [4.69, 9.17) is 25.5 Å². The fourth-order valence-corrected chi connectivity index (χ4v) is 2.22. The number of rotatable bonds is 4. The Hall–Kier alpha value is -2.53. The summed E-state index contributed by atoms with van der Waals surface area (Å²) in [6, 6.07) is 12.7. The van der Waals surface area contributed by atoms with Gasteiger partial charge in [-0.2, -0.15) is 0 Å². The molecule has 0 saturated carbocycles. The molecule has 0 fully saturated rings. The van der Waals surface area contributed by atoms with Crippen LogP contribution in [0.3, 0.4) is 0 Å². The lowest BCUT2D eigenvalue weighted by atomic mass is 10.2. The molecule has 0 unspecified atom stereocenters. The van der Waals surface area contributed by atoms with Crippen molar-refractivity contribution in [2.45, 2.75) is 0 Å². The summed E-state index contributed by atoms with van der Waals surface area (Å²) in [6.45, 7) is 0. The van der Waals surface area contributed by atoms with Gasteiger partial charge >= 0.3 is 0 Å². The van der Waals surface area contributed by atoms with E-state index in [0.717, 1.165) is 5.56 Å². The molecule has 5 nitrogen and oxygen atoms in total. The molecule has 112 valence electrons. The maximum atomic E-state index is 5.88. The number of hydrogen-bond acceptors (Lipinski definition) is 5. The molecule has 0 amide bonds. The Morgan fingerprint density at radius 1 is 0.909 bits per heavy atom. The number of para-hydroxylation sites is 1. The molecule has 0 aliphatic rings. The Labute approximate surface area is 132 Å². The summed E-state index contributed by atoms with van der Waals surface area (Å²) >= 11 is 5.88. The van der Waals surface area contributed by atoms with Crippen molar-refractivity contribution in [3.63, 3.8) is 0 Å². The molecule has 3 rings (SSSR count). The topological polar surface area (TPSA) is 57.4 Å². The van der Waals surface area contributed by atoms with Crippen molar-refractivity contribution in [3.8, 4) is 34.4 Å². The van der Waals surface area contributed by atoms with Crippen LogP contribution in [0.5, 0.6) is 11.5 Å². The highest BCUT2D eigenvalue weighted by Crippen LogP contribution is 2.37. The number of benzene rings is 2. The first-order valence-corrected chi connectivity index (χ1v) is 6.91. The average molecular weight is 317 g/mol. The van der Waals surface area contributed by atoms with Crippen LogP contribution >= 0.6 is 11.6 Å². The second-order valence-corrected chi connectivity index (χ2v) is 4.90. The highest BCUT2D eigenvalue weighted by atomic mass is 35.5. The van der Waals surface area contributed by atoms with E-state index in [9.17, 15) is 0 Å². The summed E-state index contributed by atoms with van der Waals surface area (Å²) in [5.41, 5.74) is 1.47. The van der Waals surface area contributed by atoms with Crippen molar-refractivity contribution in [1.29, 1.82) is 0 Å². The minimum absolute atomic E-state index is 0.362. The molecule has 22 heavy (non-hydrogen) atoms. The summed E-state index contributed by atoms with van der Waals surface area (Å²) in [4.78, 5) is 0. The van der Waals surface area contributed by atoms with Gasteiger partial charge in [0.15, 0.2) is 11.5 Å². The van der Waals surface area contributed by atoms with Gasteiger partial charge in [0.2, 0.25) is 5.89 Å². The maximum absolute atomic E-state index is 5.88. The first-order valence-electron chi connectivity index (χ1n) is 6.53. The summed E-state index contributed by atoms with van der Waals surface area (Å²) in [5.74, 6) is 1.93. The second kappa shape index (κ2) is 6.07. The average Bonchev–Trinajstić information content (AvgIpc) is 3.04. The minimum atomic E-state index is 0.362. The van der Waals surface area contributed by atoms with E-state index >= 15 is 0 Å². The van der Waals surface area contributed by atoms with Crippen molar-refractivity contribution in [2.75, 3.05) is 14.2 Å². The van der Waals surface area contributed by atoms with Gasteiger partial charge in [-0.25, -0.2) is 0 Å². The van der Waals surface area contributed by atoms with Gasteiger partial charge in [-0.15, -0.1) is 10.2 Å². The van der Waals surface area contributed by atoms with E-state index in [1.807, 2.05) is 24.3 Å². The molecule has 2 aromatic carbocycles. The Kier molecular flexibility index (Phi) is 3.98. The van der Waals surface area contributed by atoms with E-state index in [2.05, 4.69) is 10.2 Å². The predicted molar refractivity (Wildman–Crippen MR) is 83.3 cm³/mol. The molecule has 0 bridgehead atoms. The molecule has 0 aliphatic carbocycles. The molecule has 0 radical (unpaired) electrons. The summed E-state index contributed by atoms with van der Waals surface area (Å²) < 4.78 is 16.4. The first-order chi connectivity index (χ1) is 10.7.